The maximum atomic E-state index is 9.58. The molecule has 2 aromatic carbocycles. The molecular weight excluding hydrogens is 415 g/mol. The van der Waals surface area contributed by atoms with Gasteiger partial charge in [-0.3, -0.25) is 0 Å². The Hall–Kier alpha value is -2.41. The molecule has 0 unspecified atom stereocenters. The van der Waals surface area contributed by atoms with E-state index in [1.165, 1.54) is 0 Å². The van der Waals surface area contributed by atoms with E-state index in [4.69, 9.17) is 25.8 Å². The molecule has 0 aliphatic carbocycles. The first-order chi connectivity index (χ1) is 12.6. The number of hydrogen-bond acceptors (Lipinski definition) is 5. The van der Waals surface area contributed by atoms with Crippen LogP contribution in [-0.2, 0) is 0 Å². The average molecular weight is 430 g/mol. The van der Waals surface area contributed by atoms with E-state index in [9.17, 15) is 5.26 Å². The van der Waals surface area contributed by atoms with Gasteiger partial charge < -0.3 is 0 Å². The second-order valence-corrected chi connectivity index (χ2v) is 8.14. The summed E-state index contributed by atoms with van der Waals surface area (Å²) in [6, 6.07) is 11.4. The van der Waals surface area contributed by atoms with E-state index in [0.717, 1.165) is 25.4 Å². The van der Waals surface area contributed by atoms with E-state index in [0.29, 0.717) is 22.1 Å². The number of benzene rings is 2. The molecule has 0 fully saturated rings. The first-order valence-electron chi connectivity index (χ1n) is 7.61. The van der Waals surface area contributed by atoms with Crippen molar-refractivity contribution in [3.8, 4) is 23.3 Å². The van der Waals surface area contributed by atoms with Gasteiger partial charge in [-0.05, 0) is 0 Å². The van der Waals surface area contributed by atoms with Crippen LogP contribution < -0.4 is 22.9 Å². The van der Waals surface area contributed by atoms with Gasteiger partial charge in [0, 0.05) is 0 Å². The second-order valence-electron chi connectivity index (χ2n) is 5.28. The molecule has 0 spiro atoms. The fraction of sp³-hybridized carbons (Fsp3) is 0.158. The third kappa shape index (κ3) is 3.44. The van der Waals surface area contributed by atoms with E-state index in [1.54, 1.807) is 33.6 Å². The number of nitriles is 1. The molecule has 0 saturated heterocycles. The number of halogens is 1. The van der Waals surface area contributed by atoms with Crippen molar-refractivity contribution in [2.75, 3.05) is 21.3 Å². The van der Waals surface area contributed by atoms with E-state index >= 15 is 0 Å². The van der Waals surface area contributed by atoms with Crippen molar-refractivity contribution in [1.82, 2.24) is 4.98 Å². The quantitative estimate of drug-likeness (QED) is 0.583. The molecular formula is C19H15AsClN2O3. The number of ether oxygens (including phenoxy) is 3. The Morgan fingerprint density at radius 3 is 2.35 bits per heavy atom. The minimum absolute atomic E-state index is 0.534. The summed E-state index contributed by atoms with van der Waals surface area (Å²) in [6.07, 6.45) is 1.59. The van der Waals surface area contributed by atoms with E-state index in [-0.39, 0.29) is 0 Å². The Morgan fingerprint density at radius 1 is 1.00 bits per heavy atom. The third-order valence-corrected chi connectivity index (χ3v) is 6.79. The summed E-state index contributed by atoms with van der Waals surface area (Å²) >= 11 is 5.60. The fourth-order valence-electron chi connectivity index (χ4n) is 2.58. The van der Waals surface area contributed by atoms with Gasteiger partial charge in [0.05, 0.1) is 0 Å². The molecule has 7 heteroatoms. The monoisotopic (exact) mass is 429 g/mol. The van der Waals surface area contributed by atoms with Crippen molar-refractivity contribution in [3.05, 3.63) is 47.1 Å². The van der Waals surface area contributed by atoms with Crippen molar-refractivity contribution in [2.24, 2.45) is 0 Å². The van der Waals surface area contributed by atoms with Crippen LogP contribution in [-0.4, -0.2) is 42.1 Å². The van der Waals surface area contributed by atoms with Crippen LogP contribution in [0.15, 0.2) is 36.5 Å². The second kappa shape index (κ2) is 7.86. The SMILES string of the molecule is COc1cc2ncc(C#N)c([As]c3cc(Cl)ccc3OC)c2cc1OC. The first kappa shape index (κ1) is 18.4. The molecule has 0 aliphatic heterocycles. The summed E-state index contributed by atoms with van der Waals surface area (Å²) in [5.74, 6) is 1.95. The topological polar surface area (TPSA) is 64.4 Å². The van der Waals surface area contributed by atoms with Gasteiger partial charge in [0.15, 0.2) is 0 Å². The molecule has 0 bridgehead atoms. The predicted molar refractivity (Wildman–Crippen MR) is 103 cm³/mol. The molecule has 0 N–H and O–H groups in total. The Morgan fingerprint density at radius 2 is 1.69 bits per heavy atom. The summed E-state index contributed by atoms with van der Waals surface area (Å²) in [5, 5.41) is 11.1. The first-order valence-corrected chi connectivity index (χ1v) is 9.86. The van der Waals surface area contributed by atoms with Crippen molar-refractivity contribution < 1.29 is 14.2 Å². The van der Waals surface area contributed by atoms with Crippen molar-refractivity contribution in [2.45, 2.75) is 0 Å². The van der Waals surface area contributed by atoms with Crippen LogP contribution in [0.2, 0.25) is 5.02 Å². The molecule has 1 aromatic heterocycles. The molecule has 0 saturated carbocycles. The molecule has 0 amide bonds. The number of fused-ring (bicyclic) bond motifs is 1. The Labute approximate surface area is 163 Å². The van der Waals surface area contributed by atoms with Crippen molar-refractivity contribution in [1.29, 1.82) is 5.26 Å². The van der Waals surface area contributed by atoms with E-state index in [2.05, 4.69) is 11.1 Å². The zero-order chi connectivity index (χ0) is 18.7. The van der Waals surface area contributed by atoms with Crippen LogP contribution in [0.1, 0.15) is 5.56 Å². The zero-order valence-corrected chi connectivity index (χ0v) is 17.0. The maximum absolute atomic E-state index is 9.58. The summed E-state index contributed by atoms with van der Waals surface area (Å²) in [7, 11) is 4.78. The molecule has 3 rings (SSSR count). The average Bonchev–Trinajstić information content (AvgIpc) is 2.67. The van der Waals surface area contributed by atoms with Crippen LogP contribution >= 0.6 is 11.6 Å². The van der Waals surface area contributed by atoms with Crippen LogP contribution in [0, 0.1) is 11.3 Å². The Bertz CT molecular complexity index is 1020. The summed E-state index contributed by atoms with van der Waals surface area (Å²) in [4.78, 5) is 4.40. The van der Waals surface area contributed by atoms with E-state index < -0.39 is 15.8 Å². The van der Waals surface area contributed by atoms with Gasteiger partial charge in [0.2, 0.25) is 0 Å². The molecule has 5 nitrogen and oxygen atoms in total. The molecule has 3 aromatic rings. The van der Waals surface area contributed by atoms with Crippen molar-refractivity contribution in [3.63, 3.8) is 0 Å². The number of pyridine rings is 1. The van der Waals surface area contributed by atoms with Gasteiger partial charge in [0.1, 0.15) is 0 Å². The predicted octanol–water partition coefficient (Wildman–Crippen LogP) is 2.44. The number of hydrogen-bond donors (Lipinski definition) is 0. The van der Waals surface area contributed by atoms with Crippen molar-refractivity contribution >= 4 is 47.0 Å². The minimum atomic E-state index is -0.567. The molecule has 131 valence electrons. The zero-order valence-electron chi connectivity index (χ0n) is 14.4. The van der Waals surface area contributed by atoms with Crippen LogP contribution in [0.3, 0.4) is 0 Å². The molecule has 26 heavy (non-hydrogen) atoms. The number of rotatable bonds is 5. The van der Waals surface area contributed by atoms with Gasteiger partial charge in [-0.1, -0.05) is 0 Å². The molecule has 1 radical (unpaired) electrons. The van der Waals surface area contributed by atoms with Crippen LogP contribution in [0.5, 0.6) is 17.2 Å². The normalized spacial score (nSPS) is 10.9. The summed E-state index contributed by atoms with van der Waals surface area (Å²) < 4.78 is 18.1. The van der Waals surface area contributed by atoms with E-state index in [1.807, 2.05) is 24.3 Å². The number of nitrogens with zero attached hydrogens (tertiary/aromatic N) is 2. The third-order valence-electron chi connectivity index (χ3n) is 3.84. The summed E-state index contributed by atoms with van der Waals surface area (Å²) in [6.45, 7) is 0. The molecule has 1 heterocycles. The Balaban J connectivity index is 2.24. The van der Waals surface area contributed by atoms with Crippen LogP contribution in [0.4, 0.5) is 0 Å². The van der Waals surface area contributed by atoms with Crippen LogP contribution in [0.25, 0.3) is 10.9 Å². The number of methoxy groups -OCH3 is 3. The van der Waals surface area contributed by atoms with Gasteiger partial charge >= 0.3 is 163 Å². The van der Waals surface area contributed by atoms with Gasteiger partial charge in [-0.15, -0.1) is 0 Å². The Kier molecular flexibility index (Phi) is 5.56. The standard InChI is InChI=1S/C19H15AsClN2O3/c1-24-16-5-4-12(21)6-14(16)20-19-11(9-22)10-23-15-8-18(26-3)17(25-2)7-13(15)19/h4-8,10H,1-3H3. The number of aromatic nitrogens is 1. The summed E-state index contributed by atoms with van der Waals surface area (Å²) in [5.41, 5.74) is 1.28. The van der Waals surface area contributed by atoms with Gasteiger partial charge in [-0.2, -0.15) is 0 Å². The van der Waals surface area contributed by atoms with Gasteiger partial charge in [0.25, 0.3) is 0 Å². The fourth-order valence-corrected chi connectivity index (χ4v) is 5.54. The molecule has 0 atom stereocenters. The van der Waals surface area contributed by atoms with Gasteiger partial charge in [-0.25, -0.2) is 0 Å². The molecule has 0 aliphatic rings.